The van der Waals surface area contributed by atoms with Gasteiger partial charge >= 0.3 is 0 Å². The quantitative estimate of drug-likeness (QED) is 0.937. The summed E-state index contributed by atoms with van der Waals surface area (Å²) in [6, 6.07) is 4.32. The molecule has 0 bridgehead atoms. The minimum absolute atomic E-state index is 0.334. The lowest BCUT2D eigenvalue weighted by molar-refractivity contribution is 0.135. The molecular formula is C14H20N4OS. The number of nitrogens with zero attached hydrogens (tertiary/aromatic N) is 3. The Bertz CT molecular complexity index is 539. The molecule has 0 aliphatic carbocycles. The molecule has 108 valence electrons. The molecule has 2 aromatic heterocycles. The van der Waals surface area contributed by atoms with Crippen molar-refractivity contribution >= 4 is 11.3 Å². The van der Waals surface area contributed by atoms with Gasteiger partial charge in [0.15, 0.2) is 0 Å². The van der Waals surface area contributed by atoms with Crippen LogP contribution in [0.1, 0.15) is 25.7 Å². The van der Waals surface area contributed by atoms with Crippen LogP contribution >= 0.6 is 11.3 Å². The normalized spacial score (nSPS) is 24.1. The van der Waals surface area contributed by atoms with E-state index in [1.807, 2.05) is 17.5 Å². The van der Waals surface area contributed by atoms with Crippen molar-refractivity contribution in [2.75, 3.05) is 13.1 Å². The zero-order valence-electron chi connectivity index (χ0n) is 11.7. The Hall–Kier alpha value is -1.24. The summed E-state index contributed by atoms with van der Waals surface area (Å²) in [5, 5.41) is 10.3. The van der Waals surface area contributed by atoms with Gasteiger partial charge in [-0.3, -0.25) is 4.90 Å². The molecule has 1 aliphatic heterocycles. The summed E-state index contributed by atoms with van der Waals surface area (Å²) in [6.45, 7) is 4.96. The number of hydrogen-bond acceptors (Lipinski definition) is 6. The first-order chi connectivity index (χ1) is 9.76. The average Bonchev–Trinajstić information content (AvgIpc) is 3.11. The maximum absolute atomic E-state index is 6.14. The minimum Gasteiger partial charge on any atom is -0.419 e. The summed E-state index contributed by atoms with van der Waals surface area (Å²) in [5.74, 6) is 1.89. The molecule has 1 aliphatic rings. The van der Waals surface area contributed by atoms with Gasteiger partial charge in [0.05, 0.1) is 11.4 Å². The topological polar surface area (TPSA) is 68.2 Å². The molecule has 2 aromatic rings. The van der Waals surface area contributed by atoms with E-state index in [1.165, 1.54) is 0 Å². The number of piperidine rings is 1. The van der Waals surface area contributed by atoms with Gasteiger partial charge in [-0.05, 0) is 23.8 Å². The van der Waals surface area contributed by atoms with Gasteiger partial charge in [0, 0.05) is 19.1 Å². The third kappa shape index (κ3) is 2.92. The van der Waals surface area contributed by atoms with Crippen LogP contribution in [0.15, 0.2) is 21.9 Å². The highest BCUT2D eigenvalue weighted by Gasteiger charge is 2.26. The first kappa shape index (κ1) is 13.7. The van der Waals surface area contributed by atoms with Crippen LogP contribution in [0.2, 0.25) is 0 Å². The highest BCUT2D eigenvalue weighted by Crippen LogP contribution is 2.24. The maximum Gasteiger partial charge on any atom is 0.257 e. The highest BCUT2D eigenvalue weighted by molar-refractivity contribution is 7.13. The molecule has 2 N–H and O–H groups in total. The molecule has 0 aromatic carbocycles. The number of aromatic nitrogens is 2. The first-order valence-electron chi connectivity index (χ1n) is 7.10. The van der Waals surface area contributed by atoms with E-state index in [9.17, 15) is 0 Å². The molecule has 0 saturated carbocycles. The minimum atomic E-state index is 0.334. The lowest BCUT2D eigenvalue weighted by Crippen LogP contribution is -2.46. The molecule has 0 radical (unpaired) electrons. The third-order valence-corrected chi connectivity index (χ3v) is 4.82. The summed E-state index contributed by atoms with van der Waals surface area (Å²) < 4.78 is 5.74. The fraction of sp³-hybridized carbons (Fsp3) is 0.571. The molecule has 0 amide bonds. The Morgan fingerprint density at radius 2 is 2.40 bits per heavy atom. The summed E-state index contributed by atoms with van der Waals surface area (Å²) in [7, 11) is 0. The largest absolute Gasteiger partial charge is 0.419 e. The van der Waals surface area contributed by atoms with Crippen LogP contribution in [-0.4, -0.2) is 34.2 Å². The standard InChI is InChI=1S/C14H20N4OS/c1-2-10-8-18(6-5-11(10)15)9-13-16-17-14(19-13)12-4-3-7-20-12/h3-4,7,10-11H,2,5-6,8-9,15H2,1H3. The lowest BCUT2D eigenvalue weighted by Gasteiger charge is -2.35. The van der Waals surface area contributed by atoms with Crippen molar-refractivity contribution in [2.45, 2.75) is 32.4 Å². The molecule has 1 fully saturated rings. The van der Waals surface area contributed by atoms with E-state index in [0.29, 0.717) is 23.7 Å². The molecule has 5 nitrogen and oxygen atoms in total. The first-order valence-corrected chi connectivity index (χ1v) is 7.98. The number of hydrogen-bond donors (Lipinski definition) is 1. The summed E-state index contributed by atoms with van der Waals surface area (Å²) in [5.41, 5.74) is 6.14. The Morgan fingerprint density at radius 1 is 1.50 bits per heavy atom. The van der Waals surface area contributed by atoms with Crippen molar-refractivity contribution in [1.82, 2.24) is 15.1 Å². The van der Waals surface area contributed by atoms with E-state index in [2.05, 4.69) is 22.0 Å². The van der Waals surface area contributed by atoms with E-state index in [1.54, 1.807) is 11.3 Å². The van der Waals surface area contributed by atoms with Crippen LogP contribution in [0.5, 0.6) is 0 Å². The zero-order chi connectivity index (χ0) is 13.9. The lowest BCUT2D eigenvalue weighted by atomic mass is 9.91. The Labute approximate surface area is 122 Å². The summed E-state index contributed by atoms with van der Waals surface area (Å²) in [4.78, 5) is 3.39. The molecule has 20 heavy (non-hydrogen) atoms. The highest BCUT2D eigenvalue weighted by atomic mass is 32.1. The van der Waals surface area contributed by atoms with Crippen LogP contribution in [0.25, 0.3) is 10.8 Å². The molecule has 6 heteroatoms. The van der Waals surface area contributed by atoms with E-state index in [4.69, 9.17) is 10.2 Å². The van der Waals surface area contributed by atoms with E-state index in [-0.39, 0.29) is 0 Å². The molecule has 2 unspecified atom stereocenters. The van der Waals surface area contributed by atoms with Crippen LogP contribution in [0.4, 0.5) is 0 Å². The monoisotopic (exact) mass is 292 g/mol. The number of nitrogens with two attached hydrogens (primary N) is 1. The molecular weight excluding hydrogens is 272 g/mol. The van der Waals surface area contributed by atoms with Crippen molar-refractivity contribution in [3.05, 3.63) is 23.4 Å². The number of rotatable bonds is 4. The number of thiophene rings is 1. The van der Waals surface area contributed by atoms with Gasteiger partial charge < -0.3 is 10.2 Å². The average molecular weight is 292 g/mol. The SMILES string of the molecule is CCC1CN(Cc2nnc(-c3cccs3)o2)CCC1N. The molecule has 0 spiro atoms. The molecule has 1 saturated heterocycles. The van der Waals surface area contributed by atoms with Gasteiger partial charge in [0.1, 0.15) is 0 Å². The van der Waals surface area contributed by atoms with Crippen LogP contribution in [0, 0.1) is 5.92 Å². The summed E-state index contributed by atoms with van der Waals surface area (Å²) >= 11 is 1.61. The Balaban J connectivity index is 1.64. The third-order valence-electron chi connectivity index (χ3n) is 3.96. The van der Waals surface area contributed by atoms with E-state index >= 15 is 0 Å². The fourth-order valence-electron chi connectivity index (χ4n) is 2.71. The van der Waals surface area contributed by atoms with Gasteiger partial charge in [-0.2, -0.15) is 0 Å². The Morgan fingerprint density at radius 3 is 3.15 bits per heavy atom. The van der Waals surface area contributed by atoms with Gasteiger partial charge in [-0.15, -0.1) is 21.5 Å². The molecule has 3 rings (SSSR count). The van der Waals surface area contributed by atoms with Gasteiger partial charge in [0.25, 0.3) is 5.89 Å². The second-order valence-corrected chi connectivity index (χ2v) is 6.28. The van der Waals surface area contributed by atoms with Crippen molar-refractivity contribution < 1.29 is 4.42 Å². The smallest absolute Gasteiger partial charge is 0.257 e. The predicted octanol–water partition coefficient (Wildman–Crippen LogP) is 2.36. The van der Waals surface area contributed by atoms with E-state index in [0.717, 1.165) is 37.4 Å². The second kappa shape index (κ2) is 6.03. The second-order valence-electron chi connectivity index (χ2n) is 5.33. The van der Waals surface area contributed by atoms with Crippen molar-refractivity contribution in [2.24, 2.45) is 11.7 Å². The molecule has 2 atom stereocenters. The van der Waals surface area contributed by atoms with Crippen LogP contribution < -0.4 is 5.73 Å². The number of likely N-dealkylation sites (tertiary alicyclic amines) is 1. The fourth-order valence-corrected chi connectivity index (χ4v) is 3.35. The van der Waals surface area contributed by atoms with Gasteiger partial charge in [-0.25, -0.2) is 0 Å². The molecule has 3 heterocycles. The van der Waals surface area contributed by atoms with Crippen molar-refractivity contribution in [1.29, 1.82) is 0 Å². The zero-order valence-corrected chi connectivity index (χ0v) is 12.5. The van der Waals surface area contributed by atoms with Crippen molar-refractivity contribution in [3.63, 3.8) is 0 Å². The van der Waals surface area contributed by atoms with Crippen molar-refractivity contribution in [3.8, 4) is 10.8 Å². The van der Waals surface area contributed by atoms with Gasteiger partial charge in [-0.1, -0.05) is 19.4 Å². The van der Waals surface area contributed by atoms with Crippen LogP contribution in [-0.2, 0) is 6.54 Å². The summed E-state index contributed by atoms with van der Waals surface area (Å²) in [6.07, 6.45) is 2.17. The van der Waals surface area contributed by atoms with E-state index < -0.39 is 0 Å². The Kier molecular flexibility index (Phi) is 4.14. The maximum atomic E-state index is 6.14. The van der Waals surface area contributed by atoms with Crippen LogP contribution in [0.3, 0.4) is 0 Å². The predicted molar refractivity (Wildman–Crippen MR) is 79.3 cm³/mol. The van der Waals surface area contributed by atoms with Gasteiger partial charge in [0.2, 0.25) is 5.89 Å².